The molecular weight excluding hydrogens is 342 g/mol. The Morgan fingerprint density at radius 3 is 1.77 bits per heavy atom. The minimum absolute atomic E-state index is 0.0536. The monoisotopic (exact) mass is 367 g/mol. The molecule has 0 aliphatic carbocycles. The number of hydrogen-bond acceptors (Lipinski definition) is 8. The van der Waals surface area contributed by atoms with Gasteiger partial charge >= 0.3 is 18.2 Å². The molecule has 0 bridgehead atoms. The lowest BCUT2D eigenvalue weighted by molar-refractivity contribution is 0.0428. The van der Waals surface area contributed by atoms with Crippen LogP contribution in [0.1, 0.15) is 57.7 Å². The Labute approximate surface area is 152 Å². The highest BCUT2D eigenvalue weighted by molar-refractivity contribution is 6.09. The Morgan fingerprint density at radius 1 is 0.962 bits per heavy atom. The second kappa shape index (κ2) is 7.67. The van der Waals surface area contributed by atoms with Crippen LogP contribution in [0.3, 0.4) is 0 Å². The number of rotatable bonds is 2. The van der Waals surface area contributed by atoms with Gasteiger partial charge in [-0.1, -0.05) is 0 Å². The summed E-state index contributed by atoms with van der Waals surface area (Å²) >= 11 is 0. The fourth-order valence-corrected chi connectivity index (χ4v) is 1.76. The zero-order valence-corrected chi connectivity index (χ0v) is 16.4. The molecule has 144 valence electrons. The average molecular weight is 367 g/mol. The SMILES string of the molecule is COC(=O)c1cnc(N(C(=O)OC(C)(C)C)C(=O)OC(C)(C)C)c(C)n1. The summed E-state index contributed by atoms with van der Waals surface area (Å²) in [5, 5.41) is 0. The number of hydrogen-bond donors (Lipinski definition) is 0. The molecular formula is C17H25N3O6. The lowest BCUT2D eigenvalue weighted by Crippen LogP contribution is -2.44. The molecule has 0 radical (unpaired) electrons. The second-order valence-electron chi connectivity index (χ2n) is 7.45. The molecule has 0 aliphatic rings. The van der Waals surface area contributed by atoms with E-state index < -0.39 is 29.4 Å². The lowest BCUT2D eigenvalue weighted by atomic mass is 10.2. The van der Waals surface area contributed by atoms with E-state index in [1.807, 2.05) is 0 Å². The standard InChI is InChI=1S/C17H25N3O6/c1-10-12(18-9-11(19-10)13(21)24-8)20(14(22)25-16(2,3)4)15(23)26-17(5,6)7/h9H,1-8H3. The zero-order chi connectivity index (χ0) is 20.3. The quantitative estimate of drug-likeness (QED) is 0.579. The largest absolute Gasteiger partial charge is 0.464 e. The highest BCUT2D eigenvalue weighted by Crippen LogP contribution is 2.22. The van der Waals surface area contributed by atoms with Crippen LogP contribution >= 0.6 is 0 Å². The fourth-order valence-electron chi connectivity index (χ4n) is 1.76. The number of amides is 2. The maximum Gasteiger partial charge on any atom is 0.425 e. The Kier molecular flexibility index (Phi) is 6.29. The molecule has 1 rings (SSSR count). The molecule has 0 saturated carbocycles. The number of anilines is 1. The maximum absolute atomic E-state index is 12.6. The zero-order valence-electron chi connectivity index (χ0n) is 16.4. The molecule has 1 aromatic heterocycles. The molecule has 9 heteroatoms. The summed E-state index contributed by atoms with van der Waals surface area (Å²) in [6.07, 6.45) is -0.819. The van der Waals surface area contributed by atoms with Gasteiger partial charge in [-0.05, 0) is 48.5 Å². The summed E-state index contributed by atoms with van der Waals surface area (Å²) in [6, 6.07) is 0. The van der Waals surface area contributed by atoms with E-state index in [0.29, 0.717) is 4.90 Å². The third kappa shape index (κ3) is 5.98. The van der Waals surface area contributed by atoms with Crippen molar-refractivity contribution in [1.82, 2.24) is 9.97 Å². The third-order valence-electron chi connectivity index (χ3n) is 2.68. The number of carbonyl (C=O) groups excluding carboxylic acids is 3. The summed E-state index contributed by atoms with van der Waals surface area (Å²) in [5.74, 6) is -0.783. The van der Waals surface area contributed by atoms with E-state index in [2.05, 4.69) is 14.7 Å². The van der Waals surface area contributed by atoms with Crippen molar-refractivity contribution < 1.29 is 28.6 Å². The Morgan fingerprint density at radius 2 is 1.42 bits per heavy atom. The lowest BCUT2D eigenvalue weighted by Gasteiger charge is -2.28. The van der Waals surface area contributed by atoms with Crippen LogP contribution in [0.2, 0.25) is 0 Å². The predicted octanol–water partition coefficient (Wildman–Crippen LogP) is 3.25. The highest BCUT2D eigenvalue weighted by Gasteiger charge is 2.35. The molecule has 2 amide bonds. The molecule has 1 heterocycles. The number of methoxy groups -OCH3 is 1. The first-order valence-corrected chi connectivity index (χ1v) is 7.93. The number of nitrogens with zero attached hydrogens (tertiary/aromatic N) is 3. The van der Waals surface area contributed by atoms with Crippen LogP contribution in [0, 0.1) is 6.92 Å². The molecule has 0 atom stereocenters. The van der Waals surface area contributed by atoms with Gasteiger partial charge in [0.2, 0.25) is 0 Å². The first-order valence-electron chi connectivity index (χ1n) is 7.93. The van der Waals surface area contributed by atoms with Crippen LogP contribution in [-0.4, -0.2) is 46.4 Å². The summed E-state index contributed by atoms with van der Waals surface area (Å²) in [6.45, 7) is 11.5. The molecule has 0 spiro atoms. The first-order chi connectivity index (χ1) is 11.7. The van der Waals surface area contributed by atoms with E-state index in [-0.39, 0.29) is 17.2 Å². The van der Waals surface area contributed by atoms with Crippen LogP contribution in [0.25, 0.3) is 0 Å². The van der Waals surface area contributed by atoms with E-state index in [1.165, 1.54) is 14.0 Å². The van der Waals surface area contributed by atoms with Crippen molar-refractivity contribution in [2.24, 2.45) is 0 Å². The van der Waals surface area contributed by atoms with Crippen LogP contribution in [-0.2, 0) is 14.2 Å². The number of imide groups is 1. The van der Waals surface area contributed by atoms with Crippen LogP contribution in [0.15, 0.2) is 6.20 Å². The van der Waals surface area contributed by atoms with Crippen molar-refractivity contribution >= 4 is 24.0 Å². The third-order valence-corrected chi connectivity index (χ3v) is 2.68. The van der Waals surface area contributed by atoms with Gasteiger partial charge in [0.25, 0.3) is 0 Å². The van der Waals surface area contributed by atoms with E-state index >= 15 is 0 Å². The minimum Gasteiger partial charge on any atom is -0.464 e. The number of carbonyl (C=O) groups is 3. The molecule has 0 fully saturated rings. The van der Waals surface area contributed by atoms with Gasteiger partial charge in [-0.2, -0.15) is 4.90 Å². The van der Waals surface area contributed by atoms with Gasteiger partial charge in [-0.15, -0.1) is 0 Å². The van der Waals surface area contributed by atoms with Crippen molar-refractivity contribution in [3.8, 4) is 0 Å². The molecule has 0 aliphatic heterocycles. The first kappa shape index (κ1) is 21.3. The maximum atomic E-state index is 12.6. The van der Waals surface area contributed by atoms with Gasteiger partial charge < -0.3 is 14.2 Å². The Bertz CT molecular complexity index is 675. The highest BCUT2D eigenvalue weighted by atomic mass is 16.6. The summed E-state index contributed by atoms with van der Waals surface area (Å²) in [5.41, 5.74) is -1.58. The molecule has 0 unspecified atom stereocenters. The van der Waals surface area contributed by atoms with E-state index in [4.69, 9.17) is 9.47 Å². The Balaban J connectivity index is 3.34. The molecule has 0 N–H and O–H groups in total. The van der Waals surface area contributed by atoms with E-state index in [0.717, 1.165) is 6.20 Å². The molecule has 1 aromatic rings. The smallest absolute Gasteiger partial charge is 0.425 e. The summed E-state index contributed by atoms with van der Waals surface area (Å²) in [7, 11) is 1.21. The molecule has 0 aromatic carbocycles. The van der Waals surface area contributed by atoms with Crippen molar-refractivity contribution in [3.63, 3.8) is 0 Å². The van der Waals surface area contributed by atoms with Crippen LogP contribution in [0.5, 0.6) is 0 Å². The van der Waals surface area contributed by atoms with Gasteiger partial charge in [0.1, 0.15) is 11.2 Å². The van der Waals surface area contributed by atoms with Crippen molar-refractivity contribution in [1.29, 1.82) is 0 Å². The predicted molar refractivity (Wildman–Crippen MR) is 93.1 cm³/mol. The number of aryl methyl sites for hydroxylation is 1. The minimum atomic E-state index is -0.963. The second-order valence-corrected chi connectivity index (χ2v) is 7.45. The molecule has 26 heavy (non-hydrogen) atoms. The average Bonchev–Trinajstić information content (AvgIpc) is 2.44. The van der Waals surface area contributed by atoms with Crippen molar-refractivity contribution in [2.75, 3.05) is 12.0 Å². The molecule has 0 saturated heterocycles. The normalized spacial score (nSPS) is 11.5. The van der Waals surface area contributed by atoms with E-state index in [1.54, 1.807) is 41.5 Å². The van der Waals surface area contributed by atoms with Gasteiger partial charge in [0.05, 0.1) is 19.0 Å². The van der Waals surface area contributed by atoms with Crippen molar-refractivity contribution in [2.45, 2.75) is 59.7 Å². The summed E-state index contributed by atoms with van der Waals surface area (Å²) < 4.78 is 15.1. The van der Waals surface area contributed by atoms with Crippen LogP contribution in [0.4, 0.5) is 15.4 Å². The number of aromatic nitrogens is 2. The van der Waals surface area contributed by atoms with Gasteiger partial charge in [0.15, 0.2) is 11.5 Å². The van der Waals surface area contributed by atoms with Gasteiger partial charge in [-0.3, -0.25) is 0 Å². The number of esters is 1. The topological polar surface area (TPSA) is 108 Å². The fraction of sp³-hybridized carbons (Fsp3) is 0.588. The van der Waals surface area contributed by atoms with Gasteiger partial charge in [-0.25, -0.2) is 24.4 Å². The van der Waals surface area contributed by atoms with Crippen molar-refractivity contribution in [3.05, 3.63) is 17.6 Å². The molecule has 9 nitrogen and oxygen atoms in total. The van der Waals surface area contributed by atoms with Gasteiger partial charge in [0, 0.05) is 0 Å². The van der Waals surface area contributed by atoms with E-state index in [9.17, 15) is 14.4 Å². The van der Waals surface area contributed by atoms with Crippen LogP contribution < -0.4 is 4.90 Å². The summed E-state index contributed by atoms with van der Waals surface area (Å²) in [4.78, 5) is 45.4. The Hall–Kier alpha value is -2.71. The number of ether oxygens (including phenoxy) is 3.